The molecule has 1 aromatic heterocycles. The molecule has 2 aromatic rings. The lowest BCUT2D eigenvalue weighted by Gasteiger charge is -2.32. The third kappa shape index (κ3) is 1.89. The Balaban J connectivity index is 2.17. The molecule has 4 nitrogen and oxygen atoms in total. The second kappa shape index (κ2) is 4.20. The Kier molecular flexibility index (Phi) is 2.82. The van der Waals surface area contributed by atoms with Gasteiger partial charge in [-0.15, -0.1) is 0 Å². The summed E-state index contributed by atoms with van der Waals surface area (Å²) in [5, 5.41) is 0.988. The maximum Gasteiger partial charge on any atom is 0.601 e. The highest BCUT2D eigenvalue weighted by Crippen LogP contribution is 2.37. The van der Waals surface area contributed by atoms with Crippen LogP contribution in [0.3, 0.4) is 0 Å². The molecule has 20 heavy (non-hydrogen) atoms. The van der Waals surface area contributed by atoms with Crippen LogP contribution in [0.4, 0.5) is 0 Å². The summed E-state index contributed by atoms with van der Waals surface area (Å²) in [5.41, 5.74) is -0.233. The predicted molar refractivity (Wildman–Crippen MR) is 79.7 cm³/mol. The van der Waals surface area contributed by atoms with E-state index in [2.05, 4.69) is 0 Å². The van der Waals surface area contributed by atoms with Gasteiger partial charge in [-0.2, -0.15) is 0 Å². The highest BCUT2D eigenvalue weighted by Gasteiger charge is 2.53. The molecule has 0 bridgehead atoms. The van der Waals surface area contributed by atoms with Gasteiger partial charge in [0.15, 0.2) is 0 Å². The van der Waals surface area contributed by atoms with Crippen molar-refractivity contribution in [1.82, 2.24) is 4.48 Å². The summed E-state index contributed by atoms with van der Waals surface area (Å²) in [6.45, 7) is 7.90. The molecule has 1 fully saturated rings. The summed E-state index contributed by atoms with van der Waals surface area (Å²) in [4.78, 5) is 12.2. The Hall–Kier alpha value is -1.59. The predicted octanol–water partition coefficient (Wildman–Crippen LogP) is 2.44. The quantitative estimate of drug-likeness (QED) is 0.748. The molecule has 1 saturated heterocycles. The number of aromatic nitrogens is 1. The van der Waals surface area contributed by atoms with E-state index < -0.39 is 18.5 Å². The van der Waals surface area contributed by atoms with Crippen LogP contribution in [0.15, 0.2) is 41.2 Å². The van der Waals surface area contributed by atoms with Gasteiger partial charge in [0, 0.05) is 11.6 Å². The average Bonchev–Trinajstić information content (AvgIpc) is 2.57. The first kappa shape index (κ1) is 13.4. The van der Waals surface area contributed by atoms with Gasteiger partial charge in [0.05, 0.1) is 11.2 Å². The SMILES string of the molecule is CC1(C)OB(n2c(=O)ccc3ccccc32)OC1(C)C. The van der Waals surface area contributed by atoms with Crippen LogP contribution in [0.1, 0.15) is 27.7 Å². The van der Waals surface area contributed by atoms with Gasteiger partial charge in [0.25, 0.3) is 0 Å². The van der Waals surface area contributed by atoms with Gasteiger partial charge in [-0.05, 0) is 45.2 Å². The van der Waals surface area contributed by atoms with Gasteiger partial charge < -0.3 is 9.31 Å². The minimum absolute atomic E-state index is 0.123. The van der Waals surface area contributed by atoms with Crippen molar-refractivity contribution < 1.29 is 9.31 Å². The molecule has 1 aliphatic heterocycles. The number of benzene rings is 1. The third-order valence-electron chi connectivity index (χ3n) is 4.29. The van der Waals surface area contributed by atoms with E-state index in [-0.39, 0.29) is 5.56 Å². The van der Waals surface area contributed by atoms with E-state index in [1.54, 1.807) is 10.5 Å². The van der Waals surface area contributed by atoms with E-state index in [1.165, 1.54) is 0 Å². The van der Waals surface area contributed by atoms with Crippen LogP contribution in [-0.2, 0) is 9.31 Å². The van der Waals surface area contributed by atoms with Gasteiger partial charge in [0.2, 0.25) is 5.56 Å². The van der Waals surface area contributed by atoms with Crippen LogP contribution >= 0.6 is 0 Å². The van der Waals surface area contributed by atoms with E-state index in [9.17, 15) is 4.79 Å². The zero-order valence-corrected chi connectivity index (χ0v) is 12.2. The maximum absolute atomic E-state index is 12.2. The standard InChI is InChI=1S/C15H18BNO3/c1-14(2)15(3,4)20-16(19-14)17-12-8-6-5-7-11(12)9-10-13(17)18/h5-10H,1-4H3. The molecule has 0 unspecified atom stereocenters. The third-order valence-corrected chi connectivity index (χ3v) is 4.29. The summed E-state index contributed by atoms with van der Waals surface area (Å²) in [7, 11) is -0.696. The average molecular weight is 271 g/mol. The molecule has 0 radical (unpaired) electrons. The lowest BCUT2D eigenvalue weighted by molar-refractivity contribution is 0.00578. The lowest BCUT2D eigenvalue weighted by atomic mass is 9.90. The number of rotatable bonds is 1. The van der Waals surface area contributed by atoms with Crippen molar-refractivity contribution in [2.75, 3.05) is 0 Å². The zero-order chi connectivity index (χ0) is 14.5. The van der Waals surface area contributed by atoms with Crippen molar-refractivity contribution in [1.29, 1.82) is 0 Å². The smallest absolute Gasteiger partial charge is 0.384 e. The Labute approximate surface area is 118 Å². The molecule has 0 saturated carbocycles. The molecule has 104 valence electrons. The van der Waals surface area contributed by atoms with Crippen LogP contribution in [-0.4, -0.2) is 22.9 Å². The summed E-state index contributed by atoms with van der Waals surface area (Å²) in [6.07, 6.45) is 0. The molecular formula is C15H18BNO3. The monoisotopic (exact) mass is 271 g/mol. The van der Waals surface area contributed by atoms with Gasteiger partial charge >= 0.3 is 7.25 Å². The summed E-state index contributed by atoms with van der Waals surface area (Å²) < 4.78 is 13.5. The van der Waals surface area contributed by atoms with Crippen LogP contribution in [0.2, 0.25) is 0 Å². The van der Waals surface area contributed by atoms with Crippen molar-refractivity contribution in [3.63, 3.8) is 0 Å². The first-order valence-corrected chi connectivity index (χ1v) is 6.78. The van der Waals surface area contributed by atoms with E-state index in [0.717, 1.165) is 10.9 Å². The largest absolute Gasteiger partial charge is 0.601 e. The van der Waals surface area contributed by atoms with E-state index >= 15 is 0 Å². The summed E-state index contributed by atoms with van der Waals surface area (Å²) in [5.74, 6) is 0. The van der Waals surface area contributed by atoms with Crippen molar-refractivity contribution >= 4 is 18.2 Å². The Morgan fingerprint density at radius 2 is 1.55 bits per heavy atom. The maximum atomic E-state index is 12.2. The Morgan fingerprint density at radius 1 is 0.950 bits per heavy atom. The molecule has 0 N–H and O–H groups in total. The van der Waals surface area contributed by atoms with Gasteiger partial charge in [-0.3, -0.25) is 9.27 Å². The molecule has 0 amide bonds. The second-order valence-corrected chi connectivity index (χ2v) is 6.16. The van der Waals surface area contributed by atoms with Crippen molar-refractivity contribution in [3.05, 3.63) is 46.8 Å². The highest BCUT2D eigenvalue weighted by molar-refractivity contribution is 6.45. The number of fused-ring (bicyclic) bond motifs is 1. The van der Waals surface area contributed by atoms with Gasteiger partial charge in [0.1, 0.15) is 0 Å². The number of nitrogens with zero attached hydrogens (tertiary/aromatic N) is 1. The van der Waals surface area contributed by atoms with E-state index in [4.69, 9.17) is 9.31 Å². The first-order chi connectivity index (χ1) is 9.32. The second-order valence-electron chi connectivity index (χ2n) is 6.16. The fraction of sp³-hybridized carbons (Fsp3) is 0.400. The minimum atomic E-state index is -0.696. The van der Waals surface area contributed by atoms with Crippen molar-refractivity contribution in [3.8, 4) is 0 Å². The minimum Gasteiger partial charge on any atom is -0.384 e. The van der Waals surface area contributed by atoms with E-state index in [1.807, 2.05) is 58.0 Å². The molecule has 1 aliphatic rings. The normalized spacial score (nSPS) is 20.5. The summed E-state index contributed by atoms with van der Waals surface area (Å²) >= 11 is 0. The molecular weight excluding hydrogens is 253 g/mol. The van der Waals surface area contributed by atoms with Crippen LogP contribution in [0, 0.1) is 0 Å². The van der Waals surface area contributed by atoms with Crippen molar-refractivity contribution in [2.45, 2.75) is 38.9 Å². The summed E-state index contributed by atoms with van der Waals surface area (Å²) in [6, 6.07) is 11.1. The number of hydrogen-bond donors (Lipinski definition) is 0. The lowest BCUT2D eigenvalue weighted by Crippen LogP contribution is -2.41. The molecule has 0 aliphatic carbocycles. The van der Waals surface area contributed by atoms with Crippen LogP contribution < -0.4 is 5.56 Å². The Morgan fingerprint density at radius 3 is 2.20 bits per heavy atom. The fourth-order valence-corrected chi connectivity index (χ4v) is 2.34. The van der Waals surface area contributed by atoms with Crippen LogP contribution in [0.25, 0.3) is 10.9 Å². The molecule has 0 atom stereocenters. The van der Waals surface area contributed by atoms with Crippen LogP contribution in [0.5, 0.6) is 0 Å². The highest BCUT2D eigenvalue weighted by atomic mass is 16.7. The first-order valence-electron chi connectivity index (χ1n) is 6.78. The molecule has 1 aromatic carbocycles. The zero-order valence-electron chi connectivity index (χ0n) is 12.2. The van der Waals surface area contributed by atoms with Crippen molar-refractivity contribution in [2.24, 2.45) is 0 Å². The number of para-hydroxylation sites is 1. The number of pyridine rings is 1. The van der Waals surface area contributed by atoms with E-state index in [0.29, 0.717) is 0 Å². The van der Waals surface area contributed by atoms with Gasteiger partial charge in [-0.1, -0.05) is 18.2 Å². The fourth-order valence-electron chi connectivity index (χ4n) is 2.34. The number of hydrogen-bond acceptors (Lipinski definition) is 3. The topological polar surface area (TPSA) is 40.5 Å². The Bertz CT molecular complexity index is 704. The van der Waals surface area contributed by atoms with Gasteiger partial charge in [-0.25, -0.2) is 0 Å². The molecule has 0 spiro atoms. The molecule has 5 heteroatoms. The molecule has 2 heterocycles. The molecule has 3 rings (SSSR count).